The molecule has 1 aromatic carbocycles. The number of hydrogen-bond donors (Lipinski definition) is 3. The van der Waals surface area contributed by atoms with E-state index in [1.807, 2.05) is 0 Å². The van der Waals surface area contributed by atoms with Crippen LogP contribution in [0.15, 0.2) is 18.2 Å². The number of hydrogen-bond acceptors (Lipinski definition) is 6. The van der Waals surface area contributed by atoms with E-state index < -0.39 is 11.7 Å². The van der Waals surface area contributed by atoms with Crippen molar-refractivity contribution in [2.45, 2.75) is 6.18 Å². The predicted molar refractivity (Wildman–Crippen MR) is 80.1 cm³/mol. The lowest BCUT2D eigenvalue weighted by molar-refractivity contribution is -0.137. The molecule has 4 N–H and O–H groups in total. The van der Waals surface area contributed by atoms with E-state index in [0.29, 0.717) is 26.3 Å². The maximum absolute atomic E-state index is 13.0. The summed E-state index contributed by atoms with van der Waals surface area (Å²) in [5.41, 5.74) is 4.48. The molecule has 1 aliphatic heterocycles. The van der Waals surface area contributed by atoms with Gasteiger partial charge in [-0.2, -0.15) is 18.2 Å². The third-order valence-electron chi connectivity index (χ3n) is 3.58. The Morgan fingerprint density at radius 2 is 2.00 bits per heavy atom. The molecule has 6 nitrogen and oxygen atoms in total. The summed E-state index contributed by atoms with van der Waals surface area (Å²) in [7, 11) is 0. The van der Waals surface area contributed by atoms with E-state index in [2.05, 4.69) is 10.2 Å². The molecule has 9 heteroatoms. The number of benzene rings is 1. The van der Waals surface area contributed by atoms with Crippen molar-refractivity contribution in [1.29, 1.82) is 0 Å². The van der Waals surface area contributed by atoms with Crippen molar-refractivity contribution in [3.63, 3.8) is 0 Å². The van der Waals surface area contributed by atoms with Crippen LogP contribution in [0.4, 0.5) is 24.5 Å². The number of morpholine rings is 1. The number of hydroxylamine groups is 2. The van der Waals surface area contributed by atoms with Crippen molar-refractivity contribution in [3.8, 4) is 0 Å². The Morgan fingerprint density at radius 3 is 2.65 bits per heavy atom. The predicted octanol–water partition coefficient (Wildman–Crippen LogP) is 1.68. The van der Waals surface area contributed by atoms with Crippen LogP contribution in [0, 0.1) is 0 Å². The van der Waals surface area contributed by atoms with E-state index in [0.717, 1.165) is 24.2 Å². The summed E-state index contributed by atoms with van der Waals surface area (Å²) < 4.78 is 44.1. The highest BCUT2D eigenvalue weighted by Crippen LogP contribution is 2.35. The van der Waals surface area contributed by atoms with Crippen molar-refractivity contribution >= 4 is 11.4 Å². The van der Waals surface area contributed by atoms with Gasteiger partial charge in [0.1, 0.15) is 0 Å². The summed E-state index contributed by atoms with van der Waals surface area (Å²) in [6.07, 6.45) is -4.51. The standard InChI is InChI=1S/C14H21F3N4O2/c15-14(16,17)12-9-11(18)1-2-13(12)19-10-21(22)4-3-20-5-7-23-8-6-20/h1-2,9,19,22H,3-8,10,18H2. The first kappa shape index (κ1) is 17.8. The van der Waals surface area contributed by atoms with Gasteiger partial charge in [0.05, 0.1) is 25.4 Å². The lowest BCUT2D eigenvalue weighted by atomic mass is 10.1. The SMILES string of the molecule is Nc1ccc(NCN(O)CCN2CCOCC2)c(C(F)(F)F)c1. The molecule has 0 saturated carbocycles. The molecule has 1 saturated heterocycles. The number of nitrogen functional groups attached to an aromatic ring is 1. The Kier molecular flexibility index (Phi) is 6.05. The van der Waals surface area contributed by atoms with E-state index in [1.165, 1.54) is 12.1 Å². The third-order valence-corrected chi connectivity index (χ3v) is 3.58. The highest BCUT2D eigenvalue weighted by atomic mass is 19.4. The van der Waals surface area contributed by atoms with Crippen LogP contribution in [0.3, 0.4) is 0 Å². The largest absolute Gasteiger partial charge is 0.418 e. The Bertz CT molecular complexity index is 507. The molecule has 1 fully saturated rings. The zero-order valence-corrected chi connectivity index (χ0v) is 12.6. The number of nitrogens with one attached hydrogen (secondary N) is 1. The third kappa shape index (κ3) is 5.54. The first-order valence-corrected chi connectivity index (χ1v) is 7.31. The number of rotatable bonds is 6. The monoisotopic (exact) mass is 334 g/mol. The van der Waals surface area contributed by atoms with E-state index in [4.69, 9.17) is 10.5 Å². The summed E-state index contributed by atoms with van der Waals surface area (Å²) >= 11 is 0. The van der Waals surface area contributed by atoms with Gasteiger partial charge in [0.15, 0.2) is 0 Å². The average molecular weight is 334 g/mol. The molecule has 23 heavy (non-hydrogen) atoms. The van der Waals surface area contributed by atoms with Crippen LogP contribution in [0.2, 0.25) is 0 Å². The Morgan fingerprint density at radius 1 is 1.30 bits per heavy atom. The van der Waals surface area contributed by atoms with E-state index in [9.17, 15) is 18.4 Å². The van der Waals surface area contributed by atoms with Gasteiger partial charge < -0.3 is 21.0 Å². The van der Waals surface area contributed by atoms with Crippen LogP contribution in [-0.4, -0.2) is 61.2 Å². The van der Waals surface area contributed by atoms with Crippen LogP contribution in [0.1, 0.15) is 5.56 Å². The fourth-order valence-electron chi connectivity index (χ4n) is 2.29. The fourth-order valence-corrected chi connectivity index (χ4v) is 2.29. The minimum Gasteiger partial charge on any atom is -0.399 e. The van der Waals surface area contributed by atoms with Gasteiger partial charge in [-0.1, -0.05) is 0 Å². The molecule has 0 spiro atoms. The molecule has 130 valence electrons. The molecule has 0 radical (unpaired) electrons. The van der Waals surface area contributed by atoms with Crippen molar-refractivity contribution < 1.29 is 23.1 Å². The summed E-state index contributed by atoms with van der Waals surface area (Å²) in [6.45, 7) is 3.72. The molecule has 1 aliphatic rings. The summed E-state index contributed by atoms with van der Waals surface area (Å²) in [4.78, 5) is 2.12. The normalized spacial score (nSPS) is 16.7. The smallest absolute Gasteiger partial charge is 0.399 e. The number of nitrogens with zero attached hydrogens (tertiary/aromatic N) is 2. The number of alkyl halides is 3. The van der Waals surface area contributed by atoms with Crippen LogP contribution in [0.25, 0.3) is 0 Å². The molecule has 0 amide bonds. The highest BCUT2D eigenvalue weighted by molar-refractivity contribution is 5.59. The van der Waals surface area contributed by atoms with E-state index in [1.54, 1.807) is 0 Å². The van der Waals surface area contributed by atoms with Crippen molar-refractivity contribution in [3.05, 3.63) is 23.8 Å². The summed E-state index contributed by atoms with van der Waals surface area (Å²) in [5.74, 6) is 0. The lowest BCUT2D eigenvalue weighted by Crippen LogP contribution is -2.41. The van der Waals surface area contributed by atoms with Crippen LogP contribution >= 0.6 is 0 Å². The van der Waals surface area contributed by atoms with Crippen LogP contribution in [-0.2, 0) is 10.9 Å². The van der Waals surface area contributed by atoms with Gasteiger partial charge in [0.25, 0.3) is 0 Å². The maximum atomic E-state index is 13.0. The first-order chi connectivity index (χ1) is 10.9. The Hall–Kier alpha value is -1.55. The van der Waals surface area contributed by atoms with Gasteiger partial charge in [-0.05, 0) is 18.2 Å². The molecule has 0 atom stereocenters. The minimum atomic E-state index is -4.51. The van der Waals surface area contributed by atoms with Gasteiger partial charge in [0, 0.05) is 37.6 Å². The van der Waals surface area contributed by atoms with E-state index in [-0.39, 0.29) is 18.0 Å². The van der Waals surface area contributed by atoms with Crippen molar-refractivity contribution in [1.82, 2.24) is 9.96 Å². The molecular formula is C14H21F3N4O2. The van der Waals surface area contributed by atoms with Crippen LogP contribution in [0.5, 0.6) is 0 Å². The summed E-state index contributed by atoms with van der Waals surface area (Å²) in [5, 5.41) is 13.3. The zero-order valence-electron chi connectivity index (χ0n) is 12.6. The second-order valence-corrected chi connectivity index (χ2v) is 5.32. The van der Waals surface area contributed by atoms with Gasteiger partial charge >= 0.3 is 6.18 Å². The Balaban J connectivity index is 1.85. The van der Waals surface area contributed by atoms with Crippen molar-refractivity contribution in [2.24, 2.45) is 0 Å². The van der Waals surface area contributed by atoms with E-state index >= 15 is 0 Å². The first-order valence-electron chi connectivity index (χ1n) is 7.31. The molecule has 2 rings (SSSR count). The van der Waals surface area contributed by atoms with Crippen molar-refractivity contribution in [2.75, 3.05) is 57.1 Å². The van der Waals surface area contributed by atoms with Crippen LogP contribution < -0.4 is 11.1 Å². The molecule has 1 aromatic rings. The van der Waals surface area contributed by atoms with Gasteiger partial charge in [-0.3, -0.25) is 4.90 Å². The lowest BCUT2D eigenvalue weighted by Gasteiger charge is -2.28. The molecule has 0 aliphatic carbocycles. The molecule has 1 heterocycles. The molecular weight excluding hydrogens is 313 g/mol. The minimum absolute atomic E-state index is 0.0380. The van der Waals surface area contributed by atoms with Gasteiger partial charge in [-0.25, -0.2) is 0 Å². The summed E-state index contributed by atoms with van der Waals surface area (Å²) in [6, 6.07) is 3.51. The molecule has 0 unspecified atom stereocenters. The maximum Gasteiger partial charge on any atom is 0.418 e. The molecule has 0 aromatic heterocycles. The number of anilines is 2. The zero-order chi connectivity index (χ0) is 16.9. The van der Waals surface area contributed by atoms with Gasteiger partial charge in [0.2, 0.25) is 0 Å². The number of ether oxygens (including phenoxy) is 1. The fraction of sp³-hybridized carbons (Fsp3) is 0.571. The quantitative estimate of drug-likeness (QED) is 0.418. The topological polar surface area (TPSA) is 74.0 Å². The second kappa shape index (κ2) is 7.82. The average Bonchev–Trinajstić information content (AvgIpc) is 2.52. The Labute approximate surface area is 132 Å². The number of halogens is 3. The molecule has 0 bridgehead atoms. The number of nitrogens with two attached hydrogens (primary N) is 1. The highest BCUT2D eigenvalue weighted by Gasteiger charge is 2.33. The van der Waals surface area contributed by atoms with Gasteiger partial charge in [-0.15, -0.1) is 0 Å². The second-order valence-electron chi connectivity index (χ2n) is 5.32.